The van der Waals surface area contributed by atoms with Gasteiger partial charge in [0.1, 0.15) is 5.38 Å². The Morgan fingerprint density at radius 1 is 1.47 bits per heavy atom. The zero-order chi connectivity index (χ0) is 11.6. The van der Waals surface area contributed by atoms with Gasteiger partial charge in [0, 0.05) is 18.6 Å². The number of aryl methyl sites for hydroxylation is 1. The number of rotatable bonds is 2. The van der Waals surface area contributed by atoms with Crippen LogP contribution in [0.1, 0.15) is 16.5 Å². The summed E-state index contributed by atoms with van der Waals surface area (Å²) >= 11 is 9.48. The molecule has 82 valence electrons. The van der Waals surface area contributed by atoms with Gasteiger partial charge in [-0.05, 0) is 24.1 Å². The Hall–Kier alpha value is -0.540. The molecule has 0 saturated carbocycles. The molecule has 0 bridgehead atoms. The second-order valence-corrected chi connectivity index (χ2v) is 4.89. The number of likely N-dealkylation sites (N-methyl/N-ethyl adjacent to an activating group) is 1. The van der Waals surface area contributed by atoms with E-state index in [0.29, 0.717) is 0 Å². The normalized spacial score (nSPS) is 12.3. The van der Waals surface area contributed by atoms with Crippen molar-refractivity contribution in [2.45, 2.75) is 12.3 Å². The first kappa shape index (κ1) is 12.5. The minimum atomic E-state index is -0.605. The highest BCUT2D eigenvalue weighted by atomic mass is 79.9. The van der Waals surface area contributed by atoms with Crippen molar-refractivity contribution in [2.24, 2.45) is 0 Å². The number of hydrogen-bond donors (Lipinski definition) is 0. The summed E-state index contributed by atoms with van der Waals surface area (Å²) in [5.41, 5.74) is 1.90. The highest BCUT2D eigenvalue weighted by Crippen LogP contribution is 2.26. The molecule has 0 aromatic heterocycles. The van der Waals surface area contributed by atoms with E-state index in [4.69, 9.17) is 11.6 Å². The van der Waals surface area contributed by atoms with Crippen LogP contribution in [-0.2, 0) is 4.79 Å². The number of alkyl halides is 1. The molecule has 1 unspecified atom stereocenters. The topological polar surface area (TPSA) is 20.3 Å². The third-order valence-corrected chi connectivity index (χ3v) is 3.46. The van der Waals surface area contributed by atoms with Gasteiger partial charge in [-0.15, -0.1) is 11.6 Å². The smallest absolute Gasteiger partial charge is 0.244 e. The largest absolute Gasteiger partial charge is 0.347 e. The van der Waals surface area contributed by atoms with Gasteiger partial charge in [-0.2, -0.15) is 0 Å². The van der Waals surface area contributed by atoms with E-state index in [1.807, 2.05) is 25.1 Å². The monoisotopic (exact) mass is 289 g/mol. The van der Waals surface area contributed by atoms with Crippen LogP contribution in [0.4, 0.5) is 0 Å². The van der Waals surface area contributed by atoms with E-state index in [0.717, 1.165) is 15.6 Å². The van der Waals surface area contributed by atoms with Gasteiger partial charge in [-0.1, -0.05) is 28.1 Å². The van der Waals surface area contributed by atoms with E-state index in [1.165, 1.54) is 4.90 Å². The second kappa shape index (κ2) is 4.99. The van der Waals surface area contributed by atoms with E-state index in [-0.39, 0.29) is 5.91 Å². The molecule has 1 aromatic rings. The van der Waals surface area contributed by atoms with Crippen molar-refractivity contribution in [2.75, 3.05) is 14.1 Å². The maximum absolute atomic E-state index is 11.6. The van der Waals surface area contributed by atoms with Crippen LogP contribution in [-0.4, -0.2) is 24.9 Å². The maximum Gasteiger partial charge on any atom is 0.244 e. The summed E-state index contributed by atoms with van der Waals surface area (Å²) in [5.74, 6) is -0.0987. The fraction of sp³-hybridized carbons (Fsp3) is 0.364. The lowest BCUT2D eigenvalue weighted by Crippen LogP contribution is -2.25. The van der Waals surface area contributed by atoms with E-state index >= 15 is 0 Å². The Morgan fingerprint density at radius 2 is 2.07 bits per heavy atom. The number of carbonyl (C=O) groups excluding carboxylic acids is 1. The number of hydrogen-bond acceptors (Lipinski definition) is 1. The molecule has 1 rings (SSSR count). The quantitative estimate of drug-likeness (QED) is 0.766. The first-order valence-corrected chi connectivity index (χ1v) is 5.77. The van der Waals surface area contributed by atoms with Gasteiger partial charge >= 0.3 is 0 Å². The highest BCUT2D eigenvalue weighted by Gasteiger charge is 2.19. The van der Waals surface area contributed by atoms with E-state index in [9.17, 15) is 4.79 Å². The maximum atomic E-state index is 11.6. The lowest BCUT2D eigenvalue weighted by molar-refractivity contribution is -0.128. The molecule has 1 amide bonds. The summed E-state index contributed by atoms with van der Waals surface area (Å²) in [6.45, 7) is 1.97. The molecule has 0 N–H and O–H groups in total. The Morgan fingerprint density at radius 3 is 2.53 bits per heavy atom. The second-order valence-electron chi connectivity index (χ2n) is 3.60. The fourth-order valence-corrected chi connectivity index (χ4v) is 1.77. The first-order valence-electron chi connectivity index (χ1n) is 4.54. The molecule has 0 heterocycles. The molecule has 1 atom stereocenters. The molecule has 1 aromatic carbocycles. The van der Waals surface area contributed by atoms with Crippen LogP contribution in [0.25, 0.3) is 0 Å². The molecule has 0 spiro atoms. The molecule has 0 aliphatic heterocycles. The third-order valence-electron chi connectivity index (χ3n) is 2.13. The molecule has 15 heavy (non-hydrogen) atoms. The van der Waals surface area contributed by atoms with Crippen LogP contribution in [0.15, 0.2) is 22.7 Å². The molecule has 4 heteroatoms. The number of benzene rings is 1. The van der Waals surface area contributed by atoms with Gasteiger partial charge in [-0.3, -0.25) is 4.79 Å². The third kappa shape index (κ3) is 2.95. The molecule has 0 fully saturated rings. The minimum Gasteiger partial charge on any atom is -0.347 e. The molecule has 0 saturated heterocycles. The summed E-state index contributed by atoms with van der Waals surface area (Å²) in [4.78, 5) is 13.1. The minimum absolute atomic E-state index is 0.0987. The highest BCUT2D eigenvalue weighted by molar-refractivity contribution is 9.10. The molecule has 0 aliphatic carbocycles. The lowest BCUT2D eigenvalue weighted by Gasteiger charge is -2.16. The molecular formula is C11H13BrClNO. The lowest BCUT2D eigenvalue weighted by atomic mass is 10.1. The molecule has 2 nitrogen and oxygen atoms in total. The number of halogens is 2. The summed E-state index contributed by atoms with van der Waals surface area (Å²) in [7, 11) is 3.40. The zero-order valence-corrected chi connectivity index (χ0v) is 11.3. The molecule has 0 aliphatic rings. The van der Waals surface area contributed by atoms with Crippen molar-refractivity contribution in [3.05, 3.63) is 33.8 Å². The molecular weight excluding hydrogens is 277 g/mol. The number of carbonyl (C=O) groups is 1. The van der Waals surface area contributed by atoms with E-state index < -0.39 is 5.38 Å². The SMILES string of the molecule is Cc1cc(C(Cl)C(=O)N(C)C)ccc1Br. The summed E-state index contributed by atoms with van der Waals surface area (Å²) < 4.78 is 1.02. The number of nitrogens with zero attached hydrogens (tertiary/aromatic N) is 1. The summed E-state index contributed by atoms with van der Waals surface area (Å²) in [5, 5.41) is -0.605. The Balaban J connectivity index is 2.97. The average molecular weight is 291 g/mol. The van der Waals surface area contributed by atoms with Gasteiger partial charge in [0.05, 0.1) is 0 Å². The standard InChI is InChI=1S/C11H13BrClNO/c1-7-6-8(4-5-9(7)12)10(13)11(15)14(2)3/h4-6,10H,1-3H3. The Labute approximate surface area is 103 Å². The van der Waals surface area contributed by atoms with Crippen LogP contribution in [0, 0.1) is 6.92 Å². The predicted octanol–water partition coefficient (Wildman–Crippen LogP) is 3.13. The number of amides is 1. The Kier molecular flexibility index (Phi) is 4.17. The van der Waals surface area contributed by atoms with Gasteiger partial charge in [-0.25, -0.2) is 0 Å². The van der Waals surface area contributed by atoms with Crippen molar-refractivity contribution >= 4 is 33.4 Å². The van der Waals surface area contributed by atoms with Crippen molar-refractivity contribution in [1.29, 1.82) is 0 Å². The van der Waals surface area contributed by atoms with Crippen molar-refractivity contribution in [1.82, 2.24) is 4.90 Å². The summed E-state index contributed by atoms with van der Waals surface area (Å²) in [6, 6.07) is 5.68. The Bertz CT molecular complexity index is 379. The van der Waals surface area contributed by atoms with Gasteiger partial charge in [0.2, 0.25) is 5.91 Å². The van der Waals surface area contributed by atoms with Crippen molar-refractivity contribution in [3.8, 4) is 0 Å². The van der Waals surface area contributed by atoms with Crippen LogP contribution in [0.5, 0.6) is 0 Å². The first-order chi connectivity index (χ1) is 6.93. The predicted molar refractivity (Wildman–Crippen MR) is 66.2 cm³/mol. The van der Waals surface area contributed by atoms with Gasteiger partial charge in [0.15, 0.2) is 0 Å². The van der Waals surface area contributed by atoms with Gasteiger partial charge < -0.3 is 4.90 Å². The average Bonchev–Trinajstić information content (AvgIpc) is 2.19. The van der Waals surface area contributed by atoms with Crippen LogP contribution in [0.3, 0.4) is 0 Å². The zero-order valence-electron chi connectivity index (χ0n) is 8.92. The van der Waals surface area contributed by atoms with Gasteiger partial charge in [0.25, 0.3) is 0 Å². The fourth-order valence-electron chi connectivity index (χ4n) is 1.19. The van der Waals surface area contributed by atoms with Crippen LogP contribution >= 0.6 is 27.5 Å². The van der Waals surface area contributed by atoms with E-state index in [2.05, 4.69) is 15.9 Å². The van der Waals surface area contributed by atoms with Crippen LogP contribution < -0.4 is 0 Å². The van der Waals surface area contributed by atoms with Crippen LogP contribution in [0.2, 0.25) is 0 Å². The summed E-state index contributed by atoms with van der Waals surface area (Å²) in [6.07, 6.45) is 0. The van der Waals surface area contributed by atoms with E-state index in [1.54, 1.807) is 14.1 Å². The van der Waals surface area contributed by atoms with Crippen molar-refractivity contribution in [3.63, 3.8) is 0 Å². The van der Waals surface area contributed by atoms with Crippen molar-refractivity contribution < 1.29 is 4.79 Å². The molecule has 0 radical (unpaired) electrons.